The van der Waals surface area contributed by atoms with Crippen molar-refractivity contribution in [2.45, 2.75) is 25.8 Å². The van der Waals surface area contributed by atoms with Crippen molar-refractivity contribution in [1.82, 2.24) is 4.90 Å². The van der Waals surface area contributed by atoms with Gasteiger partial charge in [-0.25, -0.2) is 8.42 Å². The van der Waals surface area contributed by atoms with E-state index in [9.17, 15) is 13.2 Å². The summed E-state index contributed by atoms with van der Waals surface area (Å²) in [5.74, 6) is 0.240. The summed E-state index contributed by atoms with van der Waals surface area (Å²) in [7, 11) is -2.97. The van der Waals surface area contributed by atoms with E-state index in [1.807, 2.05) is 13.0 Å². The largest absolute Gasteiger partial charge is 0.334 e. The minimum Gasteiger partial charge on any atom is -0.334 e. The second-order valence-electron chi connectivity index (χ2n) is 4.66. The number of rotatable bonds is 4. The molecule has 1 aromatic heterocycles. The van der Waals surface area contributed by atoms with Gasteiger partial charge in [-0.2, -0.15) is 0 Å². The minimum atomic E-state index is -2.97. The van der Waals surface area contributed by atoms with Gasteiger partial charge in [0.25, 0.3) is 5.91 Å². The molecule has 1 aliphatic rings. The number of thiophene rings is 1. The number of hydrogen-bond acceptors (Lipinski definition) is 4. The predicted molar refractivity (Wildman–Crippen MR) is 80.4 cm³/mol. The highest BCUT2D eigenvalue weighted by Gasteiger charge is 2.34. The number of carbonyl (C=O) groups excluding carboxylic acids is 1. The summed E-state index contributed by atoms with van der Waals surface area (Å²) in [6, 6.07) is 3.45. The van der Waals surface area contributed by atoms with Gasteiger partial charge in [0.2, 0.25) is 0 Å². The molecule has 0 radical (unpaired) electrons. The van der Waals surface area contributed by atoms with Crippen molar-refractivity contribution in [1.29, 1.82) is 0 Å². The van der Waals surface area contributed by atoms with Gasteiger partial charge in [-0.1, -0.05) is 6.92 Å². The number of amides is 1. The van der Waals surface area contributed by atoms with Gasteiger partial charge in [0.15, 0.2) is 9.84 Å². The molecule has 0 aromatic carbocycles. The molecule has 1 amide bonds. The number of hydrogen-bond donors (Lipinski definition) is 0. The maximum Gasteiger partial charge on any atom is 0.264 e. The van der Waals surface area contributed by atoms with Crippen LogP contribution in [0.3, 0.4) is 0 Å². The lowest BCUT2D eigenvalue weighted by atomic mass is 10.2. The summed E-state index contributed by atoms with van der Waals surface area (Å²) in [6.45, 7) is 2.60. The van der Waals surface area contributed by atoms with E-state index >= 15 is 0 Å². The normalized spacial score (nSPS) is 21.5. The van der Waals surface area contributed by atoms with Crippen LogP contribution in [0.15, 0.2) is 15.9 Å². The van der Waals surface area contributed by atoms with E-state index in [2.05, 4.69) is 15.9 Å². The van der Waals surface area contributed by atoms with E-state index in [-0.39, 0.29) is 23.5 Å². The summed E-state index contributed by atoms with van der Waals surface area (Å²) in [6.07, 6.45) is 1.38. The van der Waals surface area contributed by atoms with E-state index in [4.69, 9.17) is 0 Å². The highest BCUT2D eigenvalue weighted by Crippen LogP contribution is 2.26. The van der Waals surface area contributed by atoms with Crippen molar-refractivity contribution in [3.05, 3.63) is 20.8 Å². The number of halogens is 1. The molecule has 106 valence electrons. The maximum atomic E-state index is 12.5. The Balaban J connectivity index is 2.18. The van der Waals surface area contributed by atoms with Gasteiger partial charge >= 0.3 is 0 Å². The summed E-state index contributed by atoms with van der Waals surface area (Å²) >= 11 is 4.73. The Morgan fingerprint density at radius 2 is 2.26 bits per heavy atom. The van der Waals surface area contributed by atoms with Crippen molar-refractivity contribution < 1.29 is 13.2 Å². The molecular formula is C12H16BrNO3S2. The highest BCUT2D eigenvalue weighted by molar-refractivity contribution is 9.11. The Labute approximate surface area is 125 Å². The van der Waals surface area contributed by atoms with Gasteiger partial charge in [-0.3, -0.25) is 4.79 Å². The molecule has 0 bridgehead atoms. The topological polar surface area (TPSA) is 54.5 Å². The lowest BCUT2D eigenvalue weighted by molar-refractivity contribution is 0.0702. The predicted octanol–water partition coefficient (Wildman–Crippen LogP) is 2.55. The Hall–Kier alpha value is -0.400. The van der Waals surface area contributed by atoms with Gasteiger partial charge < -0.3 is 4.90 Å². The molecule has 2 heterocycles. The van der Waals surface area contributed by atoms with E-state index in [0.717, 1.165) is 10.2 Å². The average molecular weight is 366 g/mol. The van der Waals surface area contributed by atoms with Crippen LogP contribution in [0, 0.1) is 0 Å². The number of nitrogens with zero attached hydrogens (tertiary/aromatic N) is 1. The van der Waals surface area contributed by atoms with E-state index in [0.29, 0.717) is 17.8 Å². The molecule has 4 nitrogen and oxygen atoms in total. The van der Waals surface area contributed by atoms with Gasteiger partial charge in [-0.05, 0) is 40.9 Å². The van der Waals surface area contributed by atoms with Crippen LogP contribution in [-0.4, -0.2) is 43.3 Å². The molecule has 1 aromatic rings. The van der Waals surface area contributed by atoms with Gasteiger partial charge in [-0.15, -0.1) is 11.3 Å². The van der Waals surface area contributed by atoms with Crippen molar-refractivity contribution in [3.8, 4) is 0 Å². The van der Waals surface area contributed by atoms with Gasteiger partial charge in [0, 0.05) is 12.6 Å². The first-order valence-corrected chi connectivity index (χ1v) is 9.63. The first kappa shape index (κ1) is 15.0. The van der Waals surface area contributed by atoms with Crippen molar-refractivity contribution in [3.63, 3.8) is 0 Å². The quantitative estimate of drug-likeness (QED) is 0.823. The smallest absolute Gasteiger partial charge is 0.264 e. The molecule has 19 heavy (non-hydrogen) atoms. The van der Waals surface area contributed by atoms with Gasteiger partial charge in [0.05, 0.1) is 20.2 Å². The summed E-state index contributed by atoms with van der Waals surface area (Å²) < 4.78 is 24.0. The highest BCUT2D eigenvalue weighted by atomic mass is 79.9. The van der Waals surface area contributed by atoms with Crippen LogP contribution in [0.25, 0.3) is 0 Å². The third-order valence-corrected chi connectivity index (χ3v) is 6.52. The fourth-order valence-corrected chi connectivity index (χ4v) is 5.36. The molecule has 0 saturated carbocycles. The molecular weight excluding hydrogens is 350 g/mol. The summed E-state index contributed by atoms with van der Waals surface area (Å²) in [5, 5.41) is 0. The van der Waals surface area contributed by atoms with E-state index in [1.54, 1.807) is 11.0 Å². The van der Waals surface area contributed by atoms with Crippen LogP contribution >= 0.6 is 27.3 Å². The zero-order chi connectivity index (χ0) is 14.0. The summed E-state index contributed by atoms with van der Waals surface area (Å²) in [5.41, 5.74) is 0. The molecule has 7 heteroatoms. The van der Waals surface area contributed by atoms with E-state index in [1.165, 1.54) is 11.3 Å². The molecule has 0 unspecified atom stereocenters. The fraction of sp³-hybridized carbons (Fsp3) is 0.583. The Morgan fingerprint density at radius 1 is 1.53 bits per heavy atom. The third kappa shape index (κ3) is 3.58. The second kappa shape index (κ2) is 5.93. The summed E-state index contributed by atoms with van der Waals surface area (Å²) in [4.78, 5) is 14.8. The van der Waals surface area contributed by atoms with Crippen LogP contribution in [0.2, 0.25) is 0 Å². The molecule has 1 aliphatic heterocycles. The standard InChI is InChI=1S/C12H16BrNO3S2/c1-2-6-14(9-5-7-19(16,17)8-9)12(15)10-3-4-11(13)18-10/h3-4,9H,2,5-8H2,1H3/t9-/m0/s1. The van der Waals surface area contributed by atoms with Crippen LogP contribution in [-0.2, 0) is 9.84 Å². The molecule has 0 spiro atoms. The first-order valence-electron chi connectivity index (χ1n) is 6.19. The lowest BCUT2D eigenvalue weighted by Crippen LogP contribution is -2.41. The average Bonchev–Trinajstić information content (AvgIpc) is 2.91. The number of carbonyl (C=O) groups is 1. The first-order chi connectivity index (χ1) is 8.93. The fourth-order valence-electron chi connectivity index (χ4n) is 2.28. The molecule has 2 rings (SSSR count). The monoisotopic (exact) mass is 365 g/mol. The second-order valence-corrected chi connectivity index (χ2v) is 9.35. The van der Waals surface area contributed by atoms with E-state index < -0.39 is 9.84 Å². The maximum absolute atomic E-state index is 12.5. The van der Waals surface area contributed by atoms with Crippen molar-refractivity contribution >= 4 is 43.0 Å². The lowest BCUT2D eigenvalue weighted by Gasteiger charge is -2.27. The van der Waals surface area contributed by atoms with Gasteiger partial charge in [0.1, 0.15) is 0 Å². The Morgan fingerprint density at radius 3 is 2.74 bits per heavy atom. The SMILES string of the molecule is CCCN(C(=O)c1ccc(Br)s1)[C@H]1CCS(=O)(=O)C1. The van der Waals surface area contributed by atoms with Crippen LogP contribution in [0.4, 0.5) is 0 Å². The zero-order valence-electron chi connectivity index (χ0n) is 10.6. The minimum absolute atomic E-state index is 0.0559. The van der Waals surface area contributed by atoms with Crippen LogP contribution in [0.5, 0.6) is 0 Å². The molecule has 1 fully saturated rings. The Bertz CT molecular complexity index is 567. The van der Waals surface area contributed by atoms with Crippen molar-refractivity contribution in [2.24, 2.45) is 0 Å². The van der Waals surface area contributed by atoms with Crippen LogP contribution in [0.1, 0.15) is 29.4 Å². The molecule has 1 atom stereocenters. The number of sulfone groups is 1. The molecule has 0 aliphatic carbocycles. The Kier molecular flexibility index (Phi) is 4.68. The molecule has 1 saturated heterocycles. The third-order valence-electron chi connectivity index (χ3n) is 3.16. The van der Waals surface area contributed by atoms with Crippen LogP contribution < -0.4 is 0 Å². The van der Waals surface area contributed by atoms with Crippen molar-refractivity contribution in [2.75, 3.05) is 18.1 Å². The molecule has 0 N–H and O–H groups in total. The zero-order valence-corrected chi connectivity index (χ0v) is 13.9.